The van der Waals surface area contributed by atoms with Crippen LogP contribution in [0.3, 0.4) is 0 Å². The summed E-state index contributed by atoms with van der Waals surface area (Å²) in [6, 6.07) is 12.0. The standard InChI is InChI=1S/C20H28N2O.C20H26O2/c1-12(22-21)18-7-8-19-17-5-3-13-11-14(23)4-6-15(13)16(17)9-10-20(18,19)2;1-12(21)18-7-8-19-17-5-3-13-11-14(22)4-6-15(13)16(17)9-10-20(18,19)2/h4,6,11,16-19,23H,3,5,7-10,21H2,1-2H3;4,6,11,16-19,22H,3,5,7-10H2,1-2H3/b22-12+;. The maximum Gasteiger partial charge on any atom is 0.133 e. The molecule has 0 aliphatic heterocycles. The molecule has 4 N–H and O–H groups in total. The van der Waals surface area contributed by atoms with E-state index in [0.717, 1.165) is 42.7 Å². The molecule has 0 radical (unpaired) electrons. The number of ketones is 1. The van der Waals surface area contributed by atoms with Crippen LogP contribution in [0.15, 0.2) is 41.5 Å². The molecule has 0 heterocycles. The van der Waals surface area contributed by atoms with Crippen LogP contribution in [0.2, 0.25) is 0 Å². The van der Waals surface area contributed by atoms with Gasteiger partial charge in [0.25, 0.3) is 0 Å². The van der Waals surface area contributed by atoms with Crippen molar-refractivity contribution in [1.82, 2.24) is 0 Å². The number of Topliss-reactive ketones (excluding diaryl/α,β-unsaturated/α-hetero) is 1. The quantitative estimate of drug-likeness (QED) is 0.180. The second-order valence-corrected chi connectivity index (χ2v) is 16.3. The van der Waals surface area contributed by atoms with Gasteiger partial charge >= 0.3 is 0 Å². The van der Waals surface area contributed by atoms with Gasteiger partial charge in [-0.3, -0.25) is 4.79 Å². The third kappa shape index (κ3) is 4.93. The molecular weight excluding hydrogens is 556 g/mol. The number of nitrogens with two attached hydrogens (primary N) is 1. The van der Waals surface area contributed by atoms with Crippen LogP contribution in [0, 0.1) is 46.3 Å². The lowest BCUT2D eigenvalue weighted by Gasteiger charge is -2.51. The number of aryl methyl sites for hydroxylation is 2. The van der Waals surface area contributed by atoms with Crippen molar-refractivity contribution in [2.45, 2.75) is 117 Å². The van der Waals surface area contributed by atoms with Crippen molar-refractivity contribution in [3.05, 3.63) is 58.7 Å². The van der Waals surface area contributed by atoms with Crippen LogP contribution in [-0.2, 0) is 17.6 Å². The zero-order valence-electron chi connectivity index (χ0n) is 27.9. The van der Waals surface area contributed by atoms with Gasteiger partial charge < -0.3 is 16.1 Å². The first-order valence-electron chi connectivity index (χ1n) is 17.9. The fourth-order valence-electron chi connectivity index (χ4n) is 12.6. The summed E-state index contributed by atoms with van der Waals surface area (Å²) in [6.07, 6.45) is 14.5. The van der Waals surface area contributed by atoms with E-state index in [2.05, 4.69) is 38.0 Å². The maximum atomic E-state index is 12.1. The van der Waals surface area contributed by atoms with Crippen molar-refractivity contribution in [2.75, 3.05) is 0 Å². The number of hydrogen-bond donors (Lipinski definition) is 3. The molecule has 6 aliphatic carbocycles. The van der Waals surface area contributed by atoms with E-state index >= 15 is 0 Å². The van der Waals surface area contributed by atoms with Crippen molar-refractivity contribution in [3.8, 4) is 11.5 Å². The molecule has 2 aromatic carbocycles. The van der Waals surface area contributed by atoms with Gasteiger partial charge in [0.15, 0.2) is 0 Å². The summed E-state index contributed by atoms with van der Waals surface area (Å²) in [4.78, 5) is 12.1. The number of carbonyl (C=O) groups excluding carboxylic acids is 1. The van der Waals surface area contributed by atoms with Crippen LogP contribution in [0.25, 0.3) is 0 Å². The van der Waals surface area contributed by atoms with Gasteiger partial charge in [-0.1, -0.05) is 26.0 Å². The molecule has 2 aromatic rings. The molecule has 0 spiro atoms. The van der Waals surface area contributed by atoms with Gasteiger partial charge in [0, 0.05) is 17.5 Å². The van der Waals surface area contributed by atoms with Crippen molar-refractivity contribution < 1.29 is 15.0 Å². The van der Waals surface area contributed by atoms with Gasteiger partial charge in [-0.2, -0.15) is 5.10 Å². The highest BCUT2D eigenvalue weighted by Gasteiger charge is 2.57. The zero-order valence-corrected chi connectivity index (χ0v) is 27.9. The molecule has 5 heteroatoms. The predicted octanol–water partition coefficient (Wildman–Crippen LogP) is 8.65. The van der Waals surface area contributed by atoms with Crippen LogP contribution < -0.4 is 5.84 Å². The molecule has 4 fully saturated rings. The third-order valence-corrected chi connectivity index (χ3v) is 14.6. The van der Waals surface area contributed by atoms with Gasteiger partial charge in [-0.05, 0) is 184 Å². The SMILES string of the molecule is C/C(=N\N)C1CCC2C3CCc4cc(O)ccc4C3CCC12C.CC(=O)C1CCC2C3CCc4cc(O)ccc4C3CCC12C. The van der Waals surface area contributed by atoms with Gasteiger partial charge in [0.1, 0.15) is 17.3 Å². The van der Waals surface area contributed by atoms with E-state index in [1.165, 1.54) is 80.0 Å². The van der Waals surface area contributed by atoms with E-state index in [-0.39, 0.29) is 5.41 Å². The maximum absolute atomic E-state index is 12.1. The summed E-state index contributed by atoms with van der Waals surface area (Å²) in [5.41, 5.74) is 7.48. The second kappa shape index (κ2) is 11.5. The summed E-state index contributed by atoms with van der Waals surface area (Å²) in [6.45, 7) is 8.79. The topological polar surface area (TPSA) is 95.9 Å². The molecule has 242 valence electrons. The van der Waals surface area contributed by atoms with Crippen LogP contribution in [0.4, 0.5) is 0 Å². The van der Waals surface area contributed by atoms with Crippen molar-refractivity contribution in [2.24, 2.45) is 57.3 Å². The van der Waals surface area contributed by atoms with Gasteiger partial charge in [0.2, 0.25) is 0 Å². The number of benzene rings is 2. The van der Waals surface area contributed by atoms with Crippen LogP contribution >= 0.6 is 0 Å². The molecule has 5 nitrogen and oxygen atoms in total. The highest BCUT2D eigenvalue weighted by molar-refractivity contribution is 5.85. The molecule has 0 aromatic heterocycles. The van der Waals surface area contributed by atoms with Gasteiger partial charge in [0.05, 0.1) is 0 Å². The number of carbonyl (C=O) groups is 1. The third-order valence-electron chi connectivity index (χ3n) is 14.6. The van der Waals surface area contributed by atoms with E-state index in [4.69, 9.17) is 5.84 Å². The minimum atomic E-state index is 0.238. The Labute approximate surface area is 270 Å². The van der Waals surface area contributed by atoms with Gasteiger partial charge in [-0.15, -0.1) is 0 Å². The lowest BCUT2D eigenvalue weighted by Crippen LogP contribution is -2.43. The molecule has 10 atom stereocenters. The summed E-state index contributed by atoms with van der Waals surface area (Å²) < 4.78 is 0. The average molecular weight is 611 g/mol. The summed E-state index contributed by atoms with van der Waals surface area (Å²) in [5, 5.41) is 23.6. The highest BCUT2D eigenvalue weighted by Crippen LogP contribution is 2.64. The molecule has 4 saturated carbocycles. The Balaban J connectivity index is 0.000000145. The minimum absolute atomic E-state index is 0.238. The zero-order chi connectivity index (χ0) is 31.7. The number of hydrogen-bond acceptors (Lipinski definition) is 5. The van der Waals surface area contributed by atoms with E-state index in [0.29, 0.717) is 52.3 Å². The second-order valence-electron chi connectivity index (χ2n) is 16.3. The van der Waals surface area contributed by atoms with Crippen LogP contribution in [0.5, 0.6) is 11.5 Å². The number of rotatable bonds is 2. The highest BCUT2D eigenvalue weighted by atomic mass is 16.3. The molecule has 0 saturated heterocycles. The Morgan fingerprint density at radius 2 is 1.18 bits per heavy atom. The van der Waals surface area contributed by atoms with Crippen molar-refractivity contribution in [1.29, 1.82) is 0 Å². The smallest absolute Gasteiger partial charge is 0.133 e. The Bertz CT molecular complexity index is 1500. The minimum Gasteiger partial charge on any atom is -0.508 e. The monoisotopic (exact) mass is 610 g/mol. The molecule has 45 heavy (non-hydrogen) atoms. The molecule has 10 unspecified atom stereocenters. The lowest BCUT2D eigenvalue weighted by molar-refractivity contribution is -0.125. The predicted molar refractivity (Wildman–Crippen MR) is 180 cm³/mol. The van der Waals surface area contributed by atoms with E-state index in [1.54, 1.807) is 6.92 Å². The Morgan fingerprint density at radius 3 is 1.64 bits per heavy atom. The number of phenols is 2. The summed E-state index contributed by atoms with van der Waals surface area (Å²) in [5.74, 6) is 12.1. The summed E-state index contributed by atoms with van der Waals surface area (Å²) >= 11 is 0. The number of nitrogens with zero attached hydrogens (tertiary/aromatic N) is 1. The van der Waals surface area contributed by atoms with E-state index in [9.17, 15) is 15.0 Å². The molecular formula is C40H54N2O3. The number of hydrazone groups is 1. The summed E-state index contributed by atoms with van der Waals surface area (Å²) in [7, 11) is 0. The Morgan fingerprint density at radius 1 is 0.711 bits per heavy atom. The molecule has 8 rings (SSSR count). The first kappa shape index (κ1) is 30.8. The lowest BCUT2D eigenvalue weighted by atomic mass is 9.54. The molecule has 0 bridgehead atoms. The fourth-order valence-corrected chi connectivity index (χ4v) is 12.6. The number of aromatic hydroxyl groups is 2. The first-order valence-corrected chi connectivity index (χ1v) is 17.9. The number of phenolic OH excluding ortho intramolecular Hbond substituents is 2. The fraction of sp³-hybridized carbons (Fsp3) is 0.650. The van der Waals surface area contributed by atoms with Crippen molar-refractivity contribution in [3.63, 3.8) is 0 Å². The van der Waals surface area contributed by atoms with Gasteiger partial charge in [-0.25, -0.2) is 0 Å². The Kier molecular flexibility index (Phi) is 7.84. The normalized spacial score (nSPS) is 39.6. The average Bonchev–Trinajstić information content (AvgIpc) is 3.57. The van der Waals surface area contributed by atoms with Crippen LogP contribution in [0.1, 0.15) is 126 Å². The van der Waals surface area contributed by atoms with Crippen molar-refractivity contribution >= 4 is 11.5 Å². The number of fused-ring (bicyclic) bond motifs is 10. The molecule has 6 aliphatic rings. The van der Waals surface area contributed by atoms with E-state index in [1.807, 2.05) is 24.3 Å². The molecule has 0 amide bonds. The largest absolute Gasteiger partial charge is 0.508 e. The van der Waals surface area contributed by atoms with Crippen LogP contribution in [-0.4, -0.2) is 21.7 Å². The first-order chi connectivity index (χ1) is 21.5. The Hall–Kier alpha value is -2.82. The van der Waals surface area contributed by atoms with E-state index < -0.39 is 0 Å².